The lowest BCUT2D eigenvalue weighted by Crippen LogP contribution is -2.44. The Hall–Kier alpha value is -1.24. The van der Waals surface area contributed by atoms with Crippen molar-refractivity contribution in [3.63, 3.8) is 0 Å². The number of nitrogens with one attached hydrogen (secondary N) is 1. The molecule has 1 fully saturated rings. The smallest absolute Gasteiger partial charge is 0.326 e. The molecule has 0 aromatic carbocycles. The van der Waals surface area contributed by atoms with Crippen LogP contribution in [0.25, 0.3) is 0 Å². The van der Waals surface area contributed by atoms with Gasteiger partial charge in [-0.2, -0.15) is 11.8 Å². The number of carbonyl (C=O) groups is 3. The van der Waals surface area contributed by atoms with E-state index < -0.39 is 18.0 Å². The predicted molar refractivity (Wildman–Crippen MR) is 61.9 cm³/mol. The number of hydrogen-bond donors (Lipinski definition) is 3. The van der Waals surface area contributed by atoms with Crippen LogP contribution in [0.3, 0.4) is 0 Å². The Morgan fingerprint density at radius 1 is 1.35 bits per heavy atom. The van der Waals surface area contributed by atoms with Gasteiger partial charge in [-0.1, -0.05) is 0 Å². The molecule has 1 saturated heterocycles. The first-order valence-corrected chi connectivity index (χ1v) is 6.49. The van der Waals surface area contributed by atoms with Crippen LogP contribution < -0.4 is 5.32 Å². The minimum Gasteiger partial charge on any atom is -0.481 e. The van der Waals surface area contributed by atoms with E-state index in [1.807, 2.05) is 0 Å². The Morgan fingerprint density at radius 3 is 2.53 bits per heavy atom. The molecule has 1 unspecified atom stereocenters. The van der Waals surface area contributed by atoms with E-state index in [2.05, 4.69) is 5.32 Å². The van der Waals surface area contributed by atoms with Gasteiger partial charge < -0.3 is 15.5 Å². The largest absolute Gasteiger partial charge is 0.481 e. The van der Waals surface area contributed by atoms with E-state index in [4.69, 9.17) is 10.2 Å². The van der Waals surface area contributed by atoms with Crippen molar-refractivity contribution in [1.29, 1.82) is 0 Å². The summed E-state index contributed by atoms with van der Waals surface area (Å²) >= 11 is 1.66. The molecule has 0 spiro atoms. The van der Waals surface area contributed by atoms with Crippen LogP contribution >= 0.6 is 11.8 Å². The lowest BCUT2D eigenvalue weighted by Gasteiger charge is -2.16. The van der Waals surface area contributed by atoms with Crippen LogP contribution in [0.1, 0.15) is 19.3 Å². The topological polar surface area (TPSA) is 104 Å². The lowest BCUT2D eigenvalue weighted by molar-refractivity contribution is -0.143. The van der Waals surface area contributed by atoms with E-state index in [0.29, 0.717) is 5.75 Å². The zero-order valence-corrected chi connectivity index (χ0v) is 10.0. The maximum atomic E-state index is 11.7. The van der Waals surface area contributed by atoms with Crippen molar-refractivity contribution >= 4 is 29.6 Å². The molecule has 0 bridgehead atoms. The molecule has 6 nitrogen and oxygen atoms in total. The molecule has 2 atom stereocenters. The van der Waals surface area contributed by atoms with E-state index in [0.717, 1.165) is 12.2 Å². The number of carbonyl (C=O) groups excluding carboxylic acids is 1. The third-order valence-electron chi connectivity index (χ3n) is 2.56. The summed E-state index contributed by atoms with van der Waals surface area (Å²) < 4.78 is 0. The minimum absolute atomic E-state index is 0.0870. The fraction of sp³-hybridized carbons (Fsp3) is 0.700. The van der Waals surface area contributed by atoms with E-state index >= 15 is 0 Å². The average Bonchev–Trinajstić information content (AvgIpc) is 2.76. The molecular formula is C10H15NO5S. The molecule has 3 N–H and O–H groups in total. The number of carboxylic acid groups (broad SMARTS) is 2. The summed E-state index contributed by atoms with van der Waals surface area (Å²) in [6.07, 6.45) is 0.398. The van der Waals surface area contributed by atoms with Gasteiger partial charge in [0, 0.05) is 18.1 Å². The second kappa shape index (κ2) is 6.48. The number of carboxylic acids is 2. The van der Waals surface area contributed by atoms with Crippen LogP contribution in [0.5, 0.6) is 0 Å². The van der Waals surface area contributed by atoms with Crippen LogP contribution in [0.2, 0.25) is 0 Å². The third-order valence-corrected chi connectivity index (χ3v) is 3.72. The minimum atomic E-state index is -1.19. The highest BCUT2D eigenvalue weighted by Gasteiger charge is 2.27. The standard InChI is InChI=1S/C10H15NO5S/c12-8(13)2-1-7(10(15)16)11-9(14)6-3-4-17-5-6/h6-7H,1-5H2,(H,11,14)(H,12,13)(H,15,16)/t6?,7-/m0/s1. The Kier molecular flexibility index (Phi) is 5.27. The molecule has 1 heterocycles. The summed E-state index contributed by atoms with van der Waals surface area (Å²) in [5.74, 6) is -1.08. The molecule has 17 heavy (non-hydrogen) atoms. The van der Waals surface area contributed by atoms with Gasteiger partial charge in [0.2, 0.25) is 5.91 Å². The first-order valence-electron chi connectivity index (χ1n) is 5.33. The van der Waals surface area contributed by atoms with Gasteiger partial charge in [0.15, 0.2) is 0 Å². The molecule has 7 heteroatoms. The van der Waals surface area contributed by atoms with Gasteiger partial charge in [-0.25, -0.2) is 4.79 Å². The number of amides is 1. The van der Waals surface area contributed by atoms with Crippen LogP contribution in [0, 0.1) is 5.92 Å². The number of thioether (sulfide) groups is 1. The van der Waals surface area contributed by atoms with Crippen molar-refractivity contribution in [2.75, 3.05) is 11.5 Å². The lowest BCUT2D eigenvalue weighted by atomic mass is 10.1. The quantitative estimate of drug-likeness (QED) is 0.630. The first kappa shape index (κ1) is 13.8. The van der Waals surface area contributed by atoms with Crippen LogP contribution in [0.15, 0.2) is 0 Å². The summed E-state index contributed by atoms with van der Waals surface area (Å²) in [6, 6.07) is -1.11. The van der Waals surface area contributed by atoms with Gasteiger partial charge in [-0.3, -0.25) is 9.59 Å². The molecule has 0 aromatic rings. The highest BCUT2D eigenvalue weighted by atomic mass is 32.2. The summed E-state index contributed by atoms with van der Waals surface area (Å²) in [5, 5.41) is 19.7. The van der Waals surface area contributed by atoms with E-state index in [-0.39, 0.29) is 24.7 Å². The molecule has 0 saturated carbocycles. The molecule has 1 rings (SSSR count). The molecular weight excluding hydrogens is 246 g/mol. The fourth-order valence-corrected chi connectivity index (χ4v) is 2.78. The van der Waals surface area contributed by atoms with Gasteiger partial charge in [-0.05, 0) is 18.6 Å². The monoisotopic (exact) mass is 261 g/mol. The van der Waals surface area contributed by atoms with Gasteiger partial charge >= 0.3 is 11.9 Å². The van der Waals surface area contributed by atoms with Crippen molar-refractivity contribution in [2.24, 2.45) is 5.92 Å². The van der Waals surface area contributed by atoms with E-state index in [1.54, 1.807) is 11.8 Å². The van der Waals surface area contributed by atoms with Gasteiger partial charge in [0.05, 0.1) is 0 Å². The van der Waals surface area contributed by atoms with E-state index in [9.17, 15) is 14.4 Å². The maximum absolute atomic E-state index is 11.7. The fourth-order valence-electron chi connectivity index (χ4n) is 1.56. The number of rotatable bonds is 6. The van der Waals surface area contributed by atoms with Gasteiger partial charge in [-0.15, -0.1) is 0 Å². The molecule has 0 radical (unpaired) electrons. The molecule has 96 valence electrons. The predicted octanol–water partition coefficient (Wildman–Crippen LogP) is 0.174. The molecule has 1 amide bonds. The third kappa shape index (κ3) is 4.64. The molecule has 1 aliphatic rings. The van der Waals surface area contributed by atoms with Crippen molar-refractivity contribution in [3.05, 3.63) is 0 Å². The van der Waals surface area contributed by atoms with Crippen LogP contribution in [-0.2, 0) is 14.4 Å². The van der Waals surface area contributed by atoms with Crippen molar-refractivity contribution < 1.29 is 24.6 Å². The molecule has 0 aliphatic carbocycles. The SMILES string of the molecule is O=C(O)CC[C@H](NC(=O)C1CCSC1)C(=O)O. The van der Waals surface area contributed by atoms with Crippen LogP contribution in [0.4, 0.5) is 0 Å². The number of aliphatic carboxylic acids is 2. The van der Waals surface area contributed by atoms with Crippen LogP contribution in [-0.4, -0.2) is 45.6 Å². The van der Waals surface area contributed by atoms with Gasteiger partial charge in [0.1, 0.15) is 6.04 Å². The zero-order chi connectivity index (χ0) is 12.8. The second-order valence-corrected chi connectivity index (χ2v) is 5.04. The molecule has 1 aliphatic heterocycles. The summed E-state index contributed by atoms with van der Waals surface area (Å²) in [5.41, 5.74) is 0. The highest BCUT2D eigenvalue weighted by Crippen LogP contribution is 2.23. The summed E-state index contributed by atoms with van der Waals surface area (Å²) in [4.78, 5) is 32.9. The Bertz CT molecular complexity index is 314. The Labute approximate surface area is 103 Å². The maximum Gasteiger partial charge on any atom is 0.326 e. The Morgan fingerprint density at radius 2 is 2.06 bits per heavy atom. The summed E-state index contributed by atoms with van der Waals surface area (Å²) in [7, 11) is 0. The van der Waals surface area contributed by atoms with Gasteiger partial charge in [0.25, 0.3) is 0 Å². The first-order chi connectivity index (χ1) is 8.00. The highest BCUT2D eigenvalue weighted by molar-refractivity contribution is 7.99. The zero-order valence-electron chi connectivity index (χ0n) is 9.22. The Balaban J connectivity index is 2.44. The van der Waals surface area contributed by atoms with Crippen molar-refractivity contribution in [2.45, 2.75) is 25.3 Å². The molecule has 0 aromatic heterocycles. The average molecular weight is 261 g/mol. The normalized spacial score (nSPS) is 20.8. The van der Waals surface area contributed by atoms with E-state index in [1.165, 1.54) is 0 Å². The second-order valence-electron chi connectivity index (χ2n) is 3.89. The van der Waals surface area contributed by atoms with Crippen molar-refractivity contribution in [3.8, 4) is 0 Å². The number of hydrogen-bond acceptors (Lipinski definition) is 4. The summed E-state index contributed by atoms with van der Waals surface area (Å²) in [6.45, 7) is 0. The van der Waals surface area contributed by atoms with Crippen molar-refractivity contribution in [1.82, 2.24) is 5.32 Å².